The molecule has 0 heterocycles. The minimum Gasteiger partial charge on any atom is -0.392 e. The van der Waals surface area contributed by atoms with Gasteiger partial charge in [-0.1, -0.05) is 0 Å². The number of aliphatic hydroxyl groups excluding tert-OH is 1. The number of hydrogen-bond acceptors (Lipinski definition) is 3. The van der Waals surface area contributed by atoms with E-state index in [-0.39, 0.29) is 18.3 Å². The van der Waals surface area contributed by atoms with Crippen LogP contribution >= 0.6 is 11.8 Å². The Bertz CT molecular complexity index is 382. The van der Waals surface area contributed by atoms with Crippen LogP contribution in [0, 0.1) is 5.82 Å². The Morgan fingerprint density at radius 2 is 2.31 bits per heavy atom. The molecule has 88 valence electrons. The van der Waals surface area contributed by atoms with E-state index in [1.54, 1.807) is 13.2 Å². The first-order valence-corrected chi connectivity index (χ1v) is 6.07. The van der Waals surface area contributed by atoms with Crippen LogP contribution in [0.5, 0.6) is 0 Å². The Morgan fingerprint density at radius 1 is 1.62 bits per heavy atom. The van der Waals surface area contributed by atoms with E-state index in [0.29, 0.717) is 10.5 Å². The summed E-state index contributed by atoms with van der Waals surface area (Å²) in [6, 6.07) is 4.19. The first-order chi connectivity index (χ1) is 7.54. The largest absolute Gasteiger partial charge is 0.392 e. The second-order valence-electron chi connectivity index (χ2n) is 3.41. The van der Waals surface area contributed by atoms with Crippen molar-refractivity contribution in [3.8, 4) is 0 Å². The Morgan fingerprint density at radius 3 is 2.88 bits per heavy atom. The molecule has 0 spiro atoms. The van der Waals surface area contributed by atoms with Crippen LogP contribution in [0.15, 0.2) is 23.1 Å². The minimum absolute atomic E-state index is 0.185. The van der Waals surface area contributed by atoms with E-state index < -0.39 is 6.10 Å². The third-order valence-electron chi connectivity index (χ3n) is 1.97. The summed E-state index contributed by atoms with van der Waals surface area (Å²) in [5.41, 5.74) is 0.395. The molecule has 2 N–H and O–H groups in total. The average molecular weight is 243 g/mol. The summed E-state index contributed by atoms with van der Waals surface area (Å²) in [6.45, 7) is 1.77. The molecule has 5 heteroatoms. The van der Waals surface area contributed by atoms with Gasteiger partial charge in [-0.05, 0) is 31.4 Å². The number of nitrogens with one attached hydrogen (secondary N) is 1. The van der Waals surface area contributed by atoms with Crippen molar-refractivity contribution in [1.82, 2.24) is 5.32 Å². The first kappa shape index (κ1) is 13.0. The van der Waals surface area contributed by atoms with Gasteiger partial charge in [0.1, 0.15) is 5.82 Å². The summed E-state index contributed by atoms with van der Waals surface area (Å²) < 4.78 is 13.2. The molecule has 16 heavy (non-hydrogen) atoms. The minimum atomic E-state index is -0.593. The molecule has 3 nitrogen and oxygen atoms in total. The van der Waals surface area contributed by atoms with Gasteiger partial charge in [-0.25, -0.2) is 4.39 Å². The van der Waals surface area contributed by atoms with Crippen LogP contribution in [-0.2, 0) is 0 Å². The molecule has 0 bridgehead atoms. The van der Waals surface area contributed by atoms with E-state index >= 15 is 0 Å². The maximum absolute atomic E-state index is 13.2. The molecule has 0 aliphatic heterocycles. The lowest BCUT2D eigenvalue weighted by Crippen LogP contribution is -2.30. The molecule has 0 aromatic heterocycles. The van der Waals surface area contributed by atoms with Gasteiger partial charge in [0.25, 0.3) is 5.91 Å². The maximum Gasteiger partial charge on any atom is 0.251 e. The lowest BCUT2D eigenvalue weighted by Gasteiger charge is -2.08. The van der Waals surface area contributed by atoms with E-state index in [4.69, 9.17) is 5.11 Å². The highest BCUT2D eigenvalue weighted by atomic mass is 32.2. The average Bonchev–Trinajstić information content (AvgIpc) is 2.26. The lowest BCUT2D eigenvalue weighted by molar-refractivity contribution is 0.0923. The number of rotatable bonds is 4. The highest BCUT2D eigenvalue weighted by Crippen LogP contribution is 2.20. The molecular formula is C11H14FNO2S. The van der Waals surface area contributed by atoms with Gasteiger partial charge in [0.2, 0.25) is 0 Å². The van der Waals surface area contributed by atoms with Crippen LogP contribution in [0.3, 0.4) is 0 Å². The Hall–Kier alpha value is -1.07. The Labute approximate surface area is 98.1 Å². The number of hydrogen-bond donors (Lipinski definition) is 2. The summed E-state index contributed by atoms with van der Waals surface area (Å²) in [6.07, 6.45) is 1.15. The third kappa shape index (κ3) is 3.50. The van der Waals surface area contributed by atoms with Crippen molar-refractivity contribution in [1.29, 1.82) is 0 Å². The molecule has 1 aromatic rings. The predicted octanol–water partition coefficient (Wildman–Crippen LogP) is 1.66. The number of carbonyl (C=O) groups excluding carboxylic acids is 1. The van der Waals surface area contributed by atoms with Gasteiger partial charge in [0.05, 0.1) is 6.10 Å². The highest BCUT2D eigenvalue weighted by molar-refractivity contribution is 7.98. The quantitative estimate of drug-likeness (QED) is 0.791. The molecule has 0 saturated carbocycles. The third-order valence-corrected chi connectivity index (χ3v) is 2.72. The van der Waals surface area contributed by atoms with Gasteiger partial charge in [-0.2, -0.15) is 0 Å². The number of amides is 1. The standard InChI is InChI=1S/C11H14FNO2S/c1-7(14)6-13-11(15)8-3-4-9(12)10(5-8)16-2/h3-5,7,14H,6H2,1-2H3,(H,13,15). The van der Waals surface area contributed by atoms with Crippen molar-refractivity contribution in [2.45, 2.75) is 17.9 Å². The van der Waals surface area contributed by atoms with E-state index in [9.17, 15) is 9.18 Å². The summed E-state index contributed by atoms with van der Waals surface area (Å²) in [5, 5.41) is 11.6. The smallest absolute Gasteiger partial charge is 0.251 e. The van der Waals surface area contributed by atoms with Gasteiger partial charge in [0.15, 0.2) is 0 Å². The molecule has 1 unspecified atom stereocenters. The van der Waals surface area contributed by atoms with E-state index in [0.717, 1.165) is 0 Å². The molecule has 0 saturated heterocycles. The van der Waals surface area contributed by atoms with Crippen molar-refractivity contribution in [3.63, 3.8) is 0 Å². The van der Waals surface area contributed by atoms with Crippen LogP contribution in [-0.4, -0.2) is 29.9 Å². The van der Waals surface area contributed by atoms with Crippen molar-refractivity contribution >= 4 is 17.7 Å². The normalized spacial score (nSPS) is 12.2. The van der Waals surface area contributed by atoms with Gasteiger partial charge in [-0.3, -0.25) is 4.79 Å². The Balaban J connectivity index is 2.76. The summed E-state index contributed by atoms with van der Waals surface area (Å²) in [4.78, 5) is 12.0. The molecular weight excluding hydrogens is 229 g/mol. The molecule has 0 aliphatic rings. The van der Waals surface area contributed by atoms with Crippen molar-refractivity contribution in [2.75, 3.05) is 12.8 Å². The summed E-state index contributed by atoms with van der Waals surface area (Å²) >= 11 is 1.25. The zero-order chi connectivity index (χ0) is 12.1. The predicted molar refractivity (Wildman–Crippen MR) is 62.2 cm³/mol. The second-order valence-corrected chi connectivity index (χ2v) is 4.26. The second kappa shape index (κ2) is 5.86. The van der Waals surface area contributed by atoms with Gasteiger partial charge < -0.3 is 10.4 Å². The first-order valence-electron chi connectivity index (χ1n) is 4.84. The van der Waals surface area contributed by atoms with Crippen molar-refractivity contribution < 1.29 is 14.3 Å². The molecule has 0 fully saturated rings. The zero-order valence-corrected chi connectivity index (χ0v) is 9.97. The monoisotopic (exact) mass is 243 g/mol. The summed E-state index contributed by atoms with van der Waals surface area (Å²) in [7, 11) is 0. The number of benzene rings is 1. The van der Waals surface area contributed by atoms with Crippen LogP contribution < -0.4 is 5.32 Å². The van der Waals surface area contributed by atoms with Crippen LogP contribution in [0.25, 0.3) is 0 Å². The molecule has 0 aliphatic carbocycles. The molecule has 1 atom stereocenters. The number of thioether (sulfide) groups is 1. The summed E-state index contributed by atoms with van der Waals surface area (Å²) in [5.74, 6) is -0.643. The van der Waals surface area contributed by atoms with Crippen molar-refractivity contribution in [3.05, 3.63) is 29.6 Å². The molecule has 1 aromatic carbocycles. The van der Waals surface area contributed by atoms with Gasteiger partial charge in [-0.15, -0.1) is 11.8 Å². The van der Waals surface area contributed by atoms with Gasteiger partial charge in [0, 0.05) is 17.0 Å². The van der Waals surface area contributed by atoms with Gasteiger partial charge >= 0.3 is 0 Å². The molecule has 1 amide bonds. The van der Waals surface area contributed by atoms with Crippen LogP contribution in [0.1, 0.15) is 17.3 Å². The van der Waals surface area contributed by atoms with Crippen molar-refractivity contribution in [2.24, 2.45) is 0 Å². The van der Waals surface area contributed by atoms with Crippen LogP contribution in [0.4, 0.5) is 4.39 Å². The fraction of sp³-hybridized carbons (Fsp3) is 0.364. The maximum atomic E-state index is 13.2. The Kier molecular flexibility index (Phi) is 4.76. The number of halogens is 1. The zero-order valence-electron chi connectivity index (χ0n) is 9.16. The van der Waals surface area contributed by atoms with E-state index in [1.807, 2.05) is 0 Å². The fourth-order valence-electron chi connectivity index (χ4n) is 1.14. The molecule has 1 rings (SSSR count). The number of aliphatic hydroxyl groups is 1. The topological polar surface area (TPSA) is 49.3 Å². The lowest BCUT2D eigenvalue weighted by atomic mass is 10.2. The van der Waals surface area contributed by atoms with Crippen LogP contribution in [0.2, 0.25) is 0 Å². The molecule has 0 radical (unpaired) electrons. The highest BCUT2D eigenvalue weighted by Gasteiger charge is 2.09. The fourth-order valence-corrected chi connectivity index (χ4v) is 1.65. The SMILES string of the molecule is CSc1cc(C(=O)NCC(C)O)ccc1F. The number of carbonyl (C=O) groups is 1. The van der Waals surface area contributed by atoms with E-state index in [2.05, 4.69) is 5.32 Å². The van der Waals surface area contributed by atoms with E-state index in [1.165, 1.54) is 30.0 Å².